The molecule has 14 aliphatic heterocycles. The predicted octanol–water partition coefficient (Wildman–Crippen LogP) is 8.28. The van der Waals surface area contributed by atoms with E-state index in [1.54, 1.807) is 24.3 Å². The maximum absolute atomic E-state index is 15.5. The molecule has 0 aliphatic carbocycles. The van der Waals surface area contributed by atoms with Crippen molar-refractivity contribution in [1.82, 2.24) is 30.2 Å². The lowest BCUT2D eigenvalue weighted by Crippen LogP contribution is -2.70. The number of rotatable bonds is 10. The molecule has 4 fully saturated rings. The van der Waals surface area contributed by atoms with Crippen molar-refractivity contribution in [3.05, 3.63) is 161 Å². The number of aliphatic hydroxyl groups excluding tert-OH is 2. The average molecular weight is 1600 g/mol. The number of carbonyl (C=O) groups is 4. The van der Waals surface area contributed by atoms with Gasteiger partial charge in [-0.15, -0.1) is 23.5 Å². The second-order valence-electron chi connectivity index (χ2n) is 31.7. The monoisotopic (exact) mass is 1600 g/mol. The lowest BCUT2D eigenvalue weighted by atomic mass is 9.72. The zero-order valence-electron chi connectivity index (χ0n) is 64.4. The first-order valence-corrected chi connectivity index (χ1v) is 40.5. The van der Waals surface area contributed by atoms with Crippen LogP contribution in [-0.2, 0) is 78.5 Å². The van der Waals surface area contributed by atoms with E-state index >= 15 is 9.59 Å². The number of nitrogens with zero attached hydrogens (tertiary/aromatic N) is 4. The number of benzene rings is 7. The second kappa shape index (κ2) is 27.5. The van der Waals surface area contributed by atoms with Gasteiger partial charge in [-0.1, -0.05) is 36.4 Å². The van der Waals surface area contributed by atoms with Crippen LogP contribution in [0.1, 0.15) is 149 Å². The molecule has 8 N–H and O–H groups in total. The summed E-state index contributed by atoms with van der Waals surface area (Å²) in [7, 11) is 5.93. The molecule has 114 heavy (non-hydrogen) atoms. The number of carbonyl (C=O) groups excluding carboxylic acids is 4. The number of hydrogen-bond acceptors (Lipinski definition) is 30. The first-order valence-electron chi connectivity index (χ1n) is 38.4. The van der Waals surface area contributed by atoms with E-state index in [1.807, 2.05) is 73.9 Å². The van der Waals surface area contributed by atoms with Crippen molar-refractivity contribution in [1.29, 1.82) is 0 Å². The fourth-order valence-corrected chi connectivity index (χ4v) is 24.7. The molecule has 21 rings (SSSR count). The van der Waals surface area contributed by atoms with Crippen LogP contribution in [0.4, 0.5) is 0 Å². The van der Waals surface area contributed by atoms with Crippen molar-refractivity contribution in [3.63, 3.8) is 0 Å². The van der Waals surface area contributed by atoms with Crippen LogP contribution in [0.3, 0.4) is 0 Å². The van der Waals surface area contributed by atoms with E-state index in [2.05, 4.69) is 20.4 Å². The Kier molecular flexibility index (Phi) is 18.0. The molecule has 7 aromatic carbocycles. The highest BCUT2D eigenvalue weighted by molar-refractivity contribution is 7.99. The van der Waals surface area contributed by atoms with E-state index < -0.39 is 106 Å². The van der Waals surface area contributed by atoms with Crippen molar-refractivity contribution in [2.24, 2.45) is 0 Å². The molecule has 6 unspecified atom stereocenters. The maximum atomic E-state index is 15.5. The number of hydrogen-bond donors (Lipinski definition) is 8. The normalized spacial score (nSPS) is 28.6. The molecule has 0 saturated carbocycles. The number of nitrogens with one attached hydrogen (secondary N) is 2. The van der Waals surface area contributed by atoms with Crippen molar-refractivity contribution in [2.75, 3.05) is 79.8 Å². The third-order valence-electron chi connectivity index (χ3n) is 25.9. The number of aliphatic hydroxyl groups is 2. The smallest absolute Gasteiger partial charge is 0.331 e. The Bertz CT molecular complexity index is 4960. The molecule has 28 nitrogen and oxygen atoms in total. The number of methoxy groups -OCH3 is 4. The Morgan fingerprint density at radius 3 is 1.28 bits per heavy atom. The molecular weight excluding hydrogens is 1510 g/mol. The van der Waals surface area contributed by atoms with Gasteiger partial charge in [0.05, 0.1) is 75.2 Å². The Hall–Kier alpha value is -9.60. The van der Waals surface area contributed by atoms with Crippen LogP contribution >= 0.6 is 23.5 Å². The van der Waals surface area contributed by atoms with Gasteiger partial charge in [0.15, 0.2) is 80.1 Å². The van der Waals surface area contributed by atoms with Crippen LogP contribution in [0.2, 0.25) is 0 Å². The van der Waals surface area contributed by atoms with Crippen LogP contribution in [-0.4, -0.2) is 191 Å². The Morgan fingerprint density at radius 1 is 0.509 bits per heavy atom. The van der Waals surface area contributed by atoms with Gasteiger partial charge in [-0.2, -0.15) is 0 Å². The number of piperazine rings is 2. The van der Waals surface area contributed by atoms with Gasteiger partial charge in [0.25, 0.3) is 0 Å². The minimum absolute atomic E-state index is 0.00940. The summed E-state index contributed by atoms with van der Waals surface area (Å²) in [4.78, 5) is 66.8. The highest BCUT2D eigenvalue weighted by atomic mass is 32.2. The summed E-state index contributed by atoms with van der Waals surface area (Å²) in [6.45, 7) is 10.2. The first-order chi connectivity index (χ1) is 54.9. The van der Waals surface area contributed by atoms with Crippen molar-refractivity contribution in [2.45, 2.75) is 163 Å². The molecule has 0 aromatic heterocycles. The largest absolute Gasteiger partial charge is 0.504 e. The number of ether oxygens (including phenoxy) is 12. The number of aromatic hydroxyl groups is 4. The van der Waals surface area contributed by atoms with Crippen molar-refractivity contribution >= 4 is 47.4 Å². The summed E-state index contributed by atoms with van der Waals surface area (Å²) in [6, 6.07) is 12.2. The summed E-state index contributed by atoms with van der Waals surface area (Å²) in [5, 5.41) is 81.8. The number of phenolic OH excluding ortho intramolecular Hbond substituents is 4. The SMILES string of the molecule is COc1cc2c(cc1O)CCN[C@]21CS[C@@H]2c3c(OC(C)=O)c(C)c4c(c3[C@@H](COC1=O)N1C2C2c3c(cc(C)c(OC)c3O)CC([C@@H]1O)N2Cc1ccc(CN2C3c5c(cc(C)c(OC)c5O)CC2[C@@H](O)N2C3[C@H]3SC[C@@]5(NCCc6cc(O)c(OC)cc65)C(=O)OC[C@H]2c2c5c(c(C)c(OC(C)=O)c23)OCO5)cc1)OCO4. The topological polar surface area (TPSA) is 337 Å². The Labute approximate surface area is 664 Å². The molecule has 14 aliphatic rings. The average Bonchev–Trinajstić information content (AvgIpc) is 0.911. The van der Waals surface area contributed by atoms with Crippen LogP contribution in [0.25, 0.3) is 0 Å². The number of thioether (sulfide) groups is 2. The third-order valence-corrected chi connectivity index (χ3v) is 28.9. The lowest BCUT2D eigenvalue weighted by molar-refractivity contribution is -0.193. The molecule has 7 aromatic rings. The number of fused-ring (bicyclic) bond motifs is 18. The summed E-state index contributed by atoms with van der Waals surface area (Å²) in [5.41, 5.74) is 8.48. The van der Waals surface area contributed by atoms with Gasteiger partial charge < -0.3 is 87.5 Å². The molecule has 8 bridgehead atoms. The molecular formula is C84H88N6O22S2. The number of esters is 4. The maximum Gasteiger partial charge on any atom is 0.331 e. The minimum atomic E-state index is -1.53. The molecule has 14 heterocycles. The van der Waals surface area contributed by atoms with Gasteiger partial charge in [0.2, 0.25) is 13.6 Å². The third kappa shape index (κ3) is 10.8. The summed E-state index contributed by atoms with van der Waals surface area (Å²) in [5.74, 6) is 0.106. The Morgan fingerprint density at radius 2 is 0.904 bits per heavy atom. The summed E-state index contributed by atoms with van der Waals surface area (Å²) in [6.07, 6.45) is -1.14. The van der Waals surface area contributed by atoms with Gasteiger partial charge in [-0.3, -0.25) is 39.8 Å². The second-order valence-corrected chi connectivity index (χ2v) is 34.0. The van der Waals surface area contributed by atoms with Gasteiger partial charge in [0.1, 0.15) is 37.2 Å². The quantitative estimate of drug-likeness (QED) is 0.0471. The summed E-state index contributed by atoms with van der Waals surface area (Å²) < 4.78 is 75.0. The van der Waals surface area contributed by atoms with Crippen molar-refractivity contribution < 1.29 is 107 Å². The molecule has 2 spiro atoms. The van der Waals surface area contributed by atoms with E-state index in [1.165, 1.54) is 65.8 Å². The highest BCUT2D eigenvalue weighted by Crippen LogP contribution is 2.68. The fraction of sp³-hybridized carbons (Fsp3) is 0.452. The van der Waals surface area contributed by atoms with E-state index in [0.29, 0.717) is 116 Å². The van der Waals surface area contributed by atoms with Crippen LogP contribution in [0.15, 0.2) is 60.7 Å². The number of phenols is 4. The molecule has 4 saturated heterocycles. The standard InChI is InChI=1S/C84H88N6O22S2/c1-35-19-45-21-49-79(97)89-51-29-105-81(99)83(47-25-55(101-7)53(93)23-43(47)15-17-85-83)31-113-77(61-59(51)75-73(107-33-109-75)37(3)71(61)111-39(5)91)65(89)63(57(45)67(95)69(35)103-9)87(49)27-41-11-13-42(14-12-41)28-88-50-22-46-20-36(2)70(104-10)68(96)58(46)64(88)66-78-62-60(76-74(108-34-110-76)38(4)72(62)112-40(6)92)52(90(66)80(50)98)30-106-82(100)84(32-114-78)48-26-56(102-8)54(94)24-44(48)16-18-86-84/h11-14,19-20,23-26,49-52,63-66,77-80,85-86,93-98H,15-18,21-22,27-34H2,1-10H3/t49?,50?,51-,52+,63?,64?,65?,66?,77-,78+,79+,80-,83-,84+. The van der Waals surface area contributed by atoms with Crippen LogP contribution in [0.5, 0.6) is 80.5 Å². The molecule has 598 valence electrons. The zero-order chi connectivity index (χ0) is 79.3. The zero-order valence-corrected chi connectivity index (χ0v) is 66.1. The van der Waals surface area contributed by atoms with E-state index in [9.17, 15) is 40.2 Å². The minimum Gasteiger partial charge on any atom is -0.504 e. The van der Waals surface area contributed by atoms with E-state index in [0.717, 1.165) is 33.4 Å². The highest BCUT2D eigenvalue weighted by Gasteiger charge is 2.65. The predicted molar refractivity (Wildman–Crippen MR) is 411 cm³/mol. The van der Waals surface area contributed by atoms with Gasteiger partial charge in [-0.25, -0.2) is 9.59 Å². The van der Waals surface area contributed by atoms with E-state index in [4.69, 9.17) is 56.8 Å². The molecule has 30 heteroatoms. The molecule has 14 atom stereocenters. The van der Waals surface area contributed by atoms with E-state index in [-0.39, 0.29) is 122 Å². The van der Waals surface area contributed by atoms with Gasteiger partial charge in [0, 0.05) is 108 Å². The number of aryl methyl sites for hydroxylation is 2. The van der Waals surface area contributed by atoms with Crippen LogP contribution < -0.4 is 58.0 Å². The van der Waals surface area contributed by atoms with Gasteiger partial charge in [-0.05, 0) is 133 Å². The van der Waals surface area contributed by atoms with Crippen LogP contribution in [0, 0.1) is 27.7 Å². The first kappa shape index (κ1) is 74.5. The van der Waals surface area contributed by atoms with Gasteiger partial charge >= 0.3 is 23.9 Å². The fourth-order valence-electron chi connectivity index (χ4n) is 21.3. The summed E-state index contributed by atoms with van der Waals surface area (Å²) >= 11 is 2.82. The lowest BCUT2D eigenvalue weighted by Gasteiger charge is -2.63. The molecule has 0 radical (unpaired) electrons. The molecule has 0 amide bonds. The Balaban J connectivity index is 0.743. The van der Waals surface area contributed by atoms with Crippen molar-refractivity contribution in [3.8, 4) is 80.5 Å².